The van der Waals surface area contributed by atoms with Crippen LogP contribution in [-0.4, -0.2) is 33.4 Å². The summed E-state index contributed by atoms with van der Waals surface area (Å²) in [7, 11) is 0. The van der Waals surface area contributed by atoms with Gasteiger partial charge in [0, 0.05) is 33.9 Å². The van der Waals surface area contributed by atoms with Crippen LogP contribution in [0.1, 0.15) is 18.2 Å². The molecule has 1 aliphatic rings. The van der Waals surface area contributed by atoms with Crippen LogP contribution in [0, 0.1) is 10.1 Å². The number of anilines is 1. The number of imide groups is 1. The number of amides is 3. The molecule has 1 fully saturated rings. The van der Waals surface area contributed by atoms with Gasteiger partial charge in [-0.15, -0.1) is 0 Å². The molecule has 1 saturated heterocycles. The van der Waals surface area contributed by atoms with Crippen LogP contribution in [0.25, 0.3) is 17.4 Å². The van der Waals surface area contributed by atoms with E-state index >= 15 is 0 Å². The van der Waals surface area contributed by atoms with Gasteiger partial charge < -0.3 is 9.73 Å². The minimum absolute atomic E-state index is 0.0666. The first-order chi connectivity index (χ1) is 16.7. The van der Waals surface area contributed by atoms with Crippen molar-refractivity contribution < 1.29 is 23.7 Å². The largest absolute Gasteiger partial charge is 0.457 e. The quantitative estimate of drug-likeness (QED) is 0.220. The molecule has 11 heteroatoms. The number of hydrogen-bond donors (Lipinski definition) is 1. The Morgan fingerprint density at radius 3 is 2.57 bits per heavy atom. The highest BCUT2D eigenvalue weighted by Crippen LogP contribution is 2.35. The first-order valence-corrected chi connectivity index (χ1v) is 12.0. The van der Waals surface area contributed by atoms with Crippen molar-refractivity contribution in [2.45, 2.75) is 13.3 Å². The molecule has 2 aromatic carbocycles. The summed E-state index contributed by atoms with van der Waals surface area (Å²) in [6, 6.07) is 14.9. The molecule has 0 atom stereocenters. The molecule has 35 heavy (non-hydrogen) atoms. The maximum Gasteiger partial charge on any atom is 0.294 e. The molecule has 1 aliphatic heterocycles. The van der Waals surface area contributed by atoms with E-state index in [4.69, 9.17) is 4.42 Å². The van der Waals surface area contributed by atoms with Crippen LogP contribution in [0.2, 0.25) is 0 Å². The lowest BCUT2D eigenvalue weighted by Gasteiger charge is -2.12. The van der Waals surface area contributed by atoms with E-state index in [0.29, 0.717) is 27.2 Å². The molecule has 1 N–H and O–H groups in total. The van der Waals surface area contributed by atoms with Crippen molar-refractivity contribution in [1.29, 1.82) is 0 Å². The number of thioether (sulfide) groups is 1. The van der Waals surface area contributed by atoms with Gasteiger partial charge in [0.1, 0.15) is 18.1 Å². The highest BCUT2D eigenvalue weighted by molar-refractivity contribution is 9.10. The van der Waals surface area contributed by atoms with E-state index in [0.717, 1.165) is 28.6 Å². The van der Waals surface area contributed by atoms with Crippen molar-refractivity contribution in [1.82, 2.24) is 4.90 Å². The third-order valence-corrected chi connectivity index (χ3v) is 6.71. The first-order valence-electron chi connectivity index (χ1n) is 10.4. The number of halogens is 1. The lowest BCUT2D eigenvalue weighted by molar-refractivity contribution is -0.384. The van der Waals surface area contributed by atoms with Gasteiger partial charge in [-0.1, -0.05) is 19.1 Å². The number of non-ortho nitro benzene ring substituents is 1. The van der Waals surface area contributed by atoms with E-state index in [2.05, 4.69) is 21.2 Å². The van der Waals surface area contributed by atoms with Gasteiger partial charge in [-0.05, 0) is 70.0 Å². The summed E-state index contributed by atoms with van der Waals surface area (Å²) in [6.07, 6.45) is 2.30. The van der Waals surface area contributed by atoms with Gasteiger partial charge in [0.2, 0.25) is 5.91 Å². The number of rotatable bonds is 7. The second kappa shape index (κ2) is 10.3. The summed E-state index contributed by atoms with van der Waals surface area (Å²) in [6.45, 7) is 1.62. The average Bonchev–Trinajstić information content (AvgIpc) is 3.39. The van der Waals surface area contributed by atoms with E-state index in [1.165, 1.54) is 18.2 Å². The van der Waals surface area contributed by atoms with Crippen LogP contribution in [0.5, 0.6) is 0 Å². The number of aryl methyl sites for hydroxylation is 1. The Hall–Kier alpha value is -3.70. The molecule has 9 nitrogen and oxygen atoms in total. The van der Waals surface area contributed by atoms with Gasteiger partial charge in [0.05, 0.1) is 9.83 Å². The summed E-state index contributed by atoms with van der Waals surface area (Å²) in [5.41, 5.74) is 2.23. The number of nitro groups is 1. The highest BCUT2D eigenvalue weighted by Gasteiger charge is 2.36. The van der Waals surface area contributed by atoms with Gasteiger partial charge >= 0.3 is 0 Å². The summed E-state index contributed by atoms with van der Waals surface area (Å²) in [5.74, 6) is -0.339. The minimum Gasteiger partial charge on any atom is -0.457 e. The fourth-order valence-corrected chi connectivity index (χ4v) is 4.71. The number of nitrogens with zero attached hydrogens (tertiary/aromatic N) is 2. The van der Waals surface area contributed by atoms with Crippen LogP contribution < -0.4 is 5.32 Å². The number of furan rings is 1. The predicted molar refractivity (Wildman–Crippen MR) is 136 cm³/mol. The normalized spacial score (nSPS) is 14.6. The average molecular weight is 556 g/mol. The Labute approximate surface area is 212 Å². The monoisotopic (exact) mass is 555 g/mol. The van der Waals surface area contributed by atoms with Gasteiger partial charge in [0.25, 0.3) is 16.8 Å². The molecular formula is C24H18BrN3O6S. The van der Waals surface area contributed by atoms with Crippen molar-refractivity contribution in [3.05, 3.63) is 85.4 Å². The number of benzene rings is 2. The van der Waals surface area contributed by atoms with Crippen LogP contribution >= 0.6 is 27.7 Å². The van der Waals surface area contributed by atoms with E-state index < -0.39 is 28.5 Å². The van der Waals surface area contributed by atoms with Crippen molar-refractivity contribution in [2.75, 3.05) is 11.9 Å². The molecule has 0 spiro atoms. The van der Waals surface area contributed by atoms with Gasteiger partial charge in [-0.3, -0.25) is 29.4 Å². The topological polar surface area (TPSA) is 123 Å². The lowest BCUT2D eigenvalue weighted by atomic mass is 10.1. The smallest absolute Gasteiger partial charge is 0.294 e. The molecule has 2 heterocycles. The van der Waals surface area contributed by atoms with E-state index in [-0.39, 0.29) is 10.6 Å². The standard InChI is InChI=1S/C24H18BrN3O6S/c1-2-14-3-5-15(6-4-14)26-22(29)13-27-23(30)21(35-24(27)31)12-17-8-10-20(34-17)18-9-7-16(28(32)33)11-19(18)25/h3-12H,2,13H2,1H3,(H,26,29)/b21-12+. The maximum absolute atomic E-state index is 12.7. The minimum atomic E-state index is -0.592. The Balaban J connectivity index is 1.44. The fourth-order valence-electron chi connectivity index (χ4n) is 3.33. The molecular weight excluding hydrogens is 538 g/mol. The van der Waals surface area contributed by atoms with Crippen molar-refractivity contribution >= 4 is 62.2 Å². The molecule has 1 aromatic heterocycles. The van der Waals surface area contributed by atoms with E-state index in [1.54, 1.807) is 30.3 Å². The van der Waals surface area contributed by atoms with Crippen molar-refractivity contribution in [3.8, 4) is 11.3 Å². The zero-order chi connectivity index (χ0) is 25.1. The van der Waals surface area contributed by atoms with Gasteiger partial charge in [0.15, 0.2) is 0 Å². The first kappa shape index (κ1) is 24.4. The molecule has 3 amide bonds. The predicted octanol–water partition coefficient (Wildman–Crippen LogP) is 5.85. The molecule has 178 valence electrons. The van der Waals surface area contributed by atoms with Crippen LogP contribution in [-0.2, 0) is 16.0 Å². The number of nitrogens with one attached hydrogen (secondary N) is 1. The molecule has 0 saturated carbocycles. The molecule has 0 aliphatic carbocycles. The number of carbonyl (C=O) groups excluding carboxylic acids is 3. The fraction of sp³-hybridized carbons (Fsp3) is 0.125. The SMILES string of the molecule is CCc1ccc(NC(=O)CN2C(=O)S/C(=C/c3ccc(-c4ccc([N+](=O)[O-])cc4Br)o3)C2=O)cc1. The Bertz CT molecular complexity index is 1370. The van der Waals surface area contributed by atoms with E-state index in [9.17, 15) is 24.5 Å². The van der Waals surface area contributed by atoms with Crippen LogP contribution in [0.4, 0.5) is 16.2 Å². The third-order valence-electron chi connectivity index (χ3n) is 5.15. The summed E-state index contributed by atoms with van der Waals surface area (Å²) in [5, 5.41) is 13.1. The number of carbonyl (C=O) groups is 3. The molecule has 3 aromatic rings. The second-order valence-corrected chi connectivity index (χ2v) is 9.34. The van der Waals surface area contributed by atoms with Gasteiger partial charge in [-0.2, -0.15) is 0 Å². The molecule has 4 rings (SSSR count). The Kier molecular flexibility index (Phi) is 7.17. The molecule has 0 radical (unpaired) electrons. The zero-order valence-electron chi connectivity index (χ0n) is 18.3. The third kappa shape index (κ3) is 5.52. The van der Waals surface area contributed by atoms with Crippen LogP contribution in [0.3, 0.4) is 0 Å². The molecule has 0 bridgehead atoms. The summed E-state index contributed by atoms with van der Waals surface area (Å²) >= 11 is 4.02. The van der Waals surface area contributed by atoms with Gasteiger partial charge in [-0.25, -0.2) is 0 Å². The lowest BCUT2D eigenvalue weighted by Crippen LogP contribution is -2.36. The maximum atomic E-state index is 12.7. The summed E-state index contributed by atoms with van der Waals surface area (Å²) < 4.78 is 6.23. The van der Waals surface area contributed by atoms with Crippen molar-refractivity contribution in [3.63, 3.8) is 0 Å². The second-order valence-electron chi connectivity index (χ2n) is 7.49. The number of hydrogen-bond acceptors (Lipinski definition) is 7. The number of nitro benzene ring substituents is 1. The Morgan fingerprint density at radius 2 is 1.91 bits per heavy atom. The summed E-state index contributed by atoms with van der Waals surface area (Å²) in [4.78, 5) is 48.9. The van der Waals surface area contributed by atoms with Crippen molar-refractivity contribution in [2.24, 2.45) is 0 Å². The van der Waals surface area contributed by atoms with Crippen LogP contribution in [0.15, 0.2) is 68.4 Å². The molecule has 0 unspecified atom stereocenters. The van der Waals surface area contributed by atoms with E-state index in [1.807, 2.05) is 19.1 Å². The Morgan fingerprint density at radius 1 is 1.17 bits per heavy atom. The zero-order valence-corrected chi connectivity index (χ0v) is 20.7. The highest BCUT2D eigenvalue weighted by atomic mass is 79.9.